The van der Waals surface area contributed by atoms with Crippen molar-refractivity contribution in [3.8, 4) is 0 Å². The van der Waals surface area contributed by atoms with E-state index in [0.29, 0.717) is 0 Å². The van der Waals surface area contributed by atoms with E-state index in [0.717, 1.165) is 10.2 Å². The second-order valence-corrected chi connectivity index (χ2v) is 4.61. The van der Waals surface area contributed by atoms with E-state index in [9.17, 15) is 4.79 Å². The molecule has 0 atom stereocenters. The molecule has 0 unspecified atom stereocenters. The van der Waals surface area contributed by atoms with Crippen LogP contribution >= 0.6 is 15.9 Å². The highest BCUT2D eigenvalue weighted by Gasteiger charge is 2.22. The Bertz CT molecular complexity index is 344. The molecular weight excluding hydrogens is 244 g/mol. The molecule has 0 bridgehead atoms. The minimum absolute atomic E-state index is 0.0168. The van der Waals surface area contributed by atoms with Crippen LogP contribution in [0.3, 0.4) is 0 Å². The molecule has 0 radical (unpaired) electrons. The quantitative estimate of drug-likeness (QED) is 0.896. The van der Waals surface area contributed by atoms with Gasteiger partial charge >= 0.3 is 0 Å². The second-order valence-electron chi connectivity index (χ2n) is 3.75. The highest BCUT2D eigenvalue weighted by atomic mass is 79.9. The number of halogens is 1. The molecule has 1 aromatic heterocycles. The van der Waals surface area contributed by atoms with E-state index in [1.807, 2.05) is 12.1 Å². The molecule has 0 saturated heterocycles. The Morgan fingerprint density at radius 3 is 2.79 bits per heavy atom. The van der Waals surface area contributed by atoms with Crippen LogP contribution in [0.15, 0.2) is 22.8 Å². The van der Waals surface area contributed by atoms with E-state index in [1.54, 1.807) is 20.0 Å². The Balaban J connectivity index is 2.80. The molecule has 2 N–H and O–H groups in total. The highest BCUT2D eigenvalue weighted by molar-refractivity contribution is 9.10. The number of nitrogens with two attached hydrogens (primary N) is 1. The molecule has 14 heavy (non-hydrogen) atoms. The van der Waals surface area contributed by atoms with Crippen LogP contribution in [0, 0.1) is 0 Å². The number of Topliss-reactive ketones (excluding diaryl/α,β-unsaturated/α-hetero) is 1. The summed E-state index contributed by atoms with van der Waals surface area (Å²) in [5.41, 5.74) is 5.62. The Morgan fingerprint density at radius 1 is 1.64 bits per heavy atom. The molecule has 0 spiro atoms. The van der Waals surface area contributed by atoms with Gasteiger partial charge in [0.2, 0.25) is 0 Å². The lowest BCUT2D eigenvalue weighted by Gasteiger charge is -2.16. The lowest BCUT2D eigenvalue weighted by Crippen LogP contribution is -2.42. The lowest BCUT2D eigenvalue weighted by molar-refractivity contribution is -0.122. The van der Waals surface area contributed by atoms with Gasteiger partial charge in [0.05, 0.1) is 17.7 Å². The van der Waals surface area contributed by atoms with E-state index >= 15 is 0 Å². The monoisotopic (exact) mass is 256 g/mol. The minimum Gasteiger partial charge on any atom is -0.319 e. The maximum Gasteiger partial charge on any atom is 0.158 e. The number of ketones is 1. The van der Waals surface area contributed by atoms with Gasteiger partial charge in [-0.3, -0.25) is 9.78 Å². The standard InChI is InChI=1S/C10H13BrN2O/c1-10(2,12)9(14)6-8-7(11)4-3-5-13-8/h3-5H,6,12H2,1-2H3. The van der Waals surface area contributed by atoms with E-state index in [4.69, 9.17) is 5.73 Å². The van der Waals surface area contributed by atoms with Gasteiger partial charge in [-0.15, -0.1) is 0 Å². The summed E-state index contributed by atoms with van der Waals surface area (Å²) in [6.45, 7) is 3.40. The van der Waals surface area contributed by atoms with Crippen LogP contribution in [-0.4, -0.2) is 16.3 Å². The van der Waals surface area contributed by atoms with Gasteiger partial charge in [-0.05, 0) is 41.9 Å². The molecule has 0 fully saturated rings. The van der Waals surface area contributed by atoms with Crippen molar-refractivity contribution in [2.45, 2.75) is 25.8 Å². The van der Waals surface area contributed by atoms with E-state index in [2.05, 4.69) is 20.9 Å². The predicted molar refractivity (Wildman–Crippen MR) is 58.9 cm³/mol. The first-order valence-corrected chi connectivity index (χ1v) is 5.12. The summed E-state index contributed by atoms with van der Waals surface area (Å²) in [4.78, 5) is 15.7. The summed E-state index contributed by atoms with van der Waals surface area (Å²) in [7, 11) is 0. The zero-order chi connectivity index (χ0) is 10.8. The normalized spacial score (nSPS) is 11.4. The molecule has 0 amide bonds. The number of rotatable bonds is 3. The van der Waals surface area contributed by atoms with Crippen molar-refractivity contribution in [1.29, 1.82) is 0 Å². The fourth-order valence-electron chi connectivity index (χ4n) is 0.928. The van der Waals surface area contributed by atoms with Gasteiger partial charge in [0.15, 0.2) is 5.78 Å². The van der Waals surface area contributed by atoms with Crippen molar-refractivity contribution in [1.82, 2.24) is 4.98 Å². The smallest absolute Gasteiger partial charge is 0.158 e. The fraction of sp³-hybridized carbons (Fsp3) is 0.400. The molecule has 3 nitrogen and oxygen atoms in total. The predicted octanol–water partition coefficient (Wildman–Crippen LogP) is 1.69. The third-order valence-electron chi connectivity index (χ3n) is 1.88. The molecule has 0 saturated carbocycles. The van der Waals surface area contributed by atoms with Crippen LogP contribution < -0.4 is 5.73 Å². The molecule has 1 heterocycles. The summed E-state index contributed by atoms with van der Waals surface area (Å²) in [6, 6.07) is 3.67. The van der Waals surface area contributed by atoms with Crippen molar-refractivity contribution in [2.75, 3.05) is 0 Å². The van der Waals surface area contributed by atoms with E-state index in [-0.39, 0.29) is 12.2 Å². The Kier molecular flexibility index (Phi) is 3.39. The van der Waals surface area contributed by atoms with Crippen LogP contribution in [0.2, 0.25) is 0 Å². The van der Waals surface area contributed by atoms with Gasteiger partial charge in [-0.2, -0.15) is 0 Å². The number of pyridine rings is 1. The number of nitrogens with zero attached hydrogens (tertiary/aromatic N) is 1. The third kappa shape index (κ3) is 2.89. The summed E-state index contributed by atoms with van der Waals surface area (Å²) >= 11 is 3.34. The molecule has 4 heteroatoms. The van der Waals surface area contributed by atoms with E-state index in [1.165, 1.54) is 0 Å². The summed E-state index contributed by atoms with van der Waals surface area (Å²) in [5, 5.41) is 0. The number of hydrogen-bond acceptors (Lipinski definition) is 3. The number of carbonyl (C=O) groups is 1. The molecule has 1 rings (SSSR count). The van der Waals surface area contributed by atoms with Gasteiger partial charge in [0, 0.05) is 10.7 Å². The first-order valence-electron chi connectivity index (χ1n) is 4.33. The summed E-state index contributed by atoms with van der Waals surface area (Å²) in [6.07, 6.45) is 1.93. The van der Waals surface area contributed by atoms with Gasteiger partial charge in [0.1, 0.15) is 0 Å². The first kappa shape index (κ1) is 11.3. The molecule has 0 aliphatic heterocycles. The second kappa shape index (κ2) is 4.19. The zero-order valence-electron chi connectivity index (χ0n) is 8.25. The Labute approximate surface area is 91.8 Å². The van der Waals surface area contributed by atoms with Crippen LogP contribution in [0.25, 0.3) is 0 Å². The number of hydrogen-bond donors (Lipinski definition) is 1. The minimum atomic E-state index is -0.795. The van der Waals surface area contributed by atoms with Crippen LogP contribution in [-0.2, 0) is 11.2 Å². The molecule has 0 aliphatic rings. The maximum absolute atomic E-state index is 11.6. The lowest BCUT2D eigenvalue weighted by atomic mass is 9.97. The average Bonchev–Trinajstić information content (AvgIpc) is 2.07. The highest BCUT2D eigenvalue weighted by Crippen LogP contribution is 2.15. The van der Waals surface area contributed by atoms with Gasteiger partial charge < -0.3 is 5.73 Å². The Hall–Kier alpha value is -0.740. The van der Waals surface area contributed by atoms with Crippen molar-refractivity contribution < 1.29 is 4.79 Å². The van der Waals surface area contributed by atoms with Crippen molar-refractivity contribution in [2.24, 2.45) is 5.73 Å². The molecule has 1 aromatic rings. The molecular formula is C10H13BrN2O. The number of carbonyl (C=O) groups excluding carboxylic acids is 1. The van der Waals surface area contributed by atoms with E-state index < -0.39 is 5.54 Å². The first-order chi connectivity index (χ1) is 6.41. The SMILES string of the molecule is CC(C)(N)C(=O)Cc1ncccc1Br. The maximum atomic E-state index is 11.6. The topological polar surface area (TPSA) is 56.0 Å². The molecule has 0 aliphatic carbocycles. The largest absolute Gasteiger partial charge is 0.319 e. The van der Waals surface area contributed by atoms with Crippen molar-refractivity contribution in [3.05, 3.63) is 28.5 Å². The van der Waals surface area contributed by atoms with Crippen LogP contribution in [0.1, 0.15) is 19.5 Å². The van der Waals surface area contributed by atoms with Gasteiger partial charge in [0.25, 0.3) is 0 Å². The van der Waals surface area contributed by atoms with Crippen LogP contribution in [0.5, 0.6) is 0 Å². The Morgan fingerprint density at radius 2 is 2.29 bits per heavy atom. The molecule has 76 valence electrons. The average molecular weight is 257 g/mol. The van der Waals surface area contributed by atoms with Gasteiger partial charge in [-0.1, -0.05) is 0 Å². The van der Waals surface area contributed by atoms with Crippen molar-refractivity contribution >= 4 is 21.7 Å². The van der Waals surface area contributed by atoms with Gasteiger partial charge in [-0.25, -0.2) is 0 Å². The third-order valence-corrected chi connectivity index (χ3v) is 2.60. The fourth-order valence-corrected chi connectivity index (χ4v) is 1.32. The van der Waals surface area contributed by atoms with Crippen molar-refractivity contribution in [3.63, 3.8) is 0 Å². The number of aromatic nitrogens is 1. The molecule has 0 aromatic carbocycles. The zero-order valence-corrected chi connectivity index (χ0v) is 9.84. The summed E-state index contributed by atoms with van der Waals surface area (Å²) < 4.78 is 0.845. The summed E-state index contributed by atoms with van der Waals surface area (Å²) in [5.74, 6) is -0.0168. The van der Waals surface area contributed by atoms with Crippen LogP contribution in [0.4, 0.5) is 0 Å².